The second-order valence-electron chi connectivity index (χ2n) is 0.315. The fourth-order valence-electron chi connectivity index (χ4n) is 0. The van der Waals surface area contributed by atoms with Gasteiger partial charge in [0, 0.05) is 0 Å². The molecule has 0 aliphatic heterocycles. The van der Waals surface area contributed by atoms with E-state index in [1.165, 1.54) is 5.40 Å². The smallest absolute Gasteiger partial charge is 0.696 e. The first-order valence-corrected chi connectivity index (χ1v) is 1.38. The van der Waals surface area contributed by atoms with Gasteiger partial charge in [-0.25, -0.2) is 5.26 Å². The number of thiocyanates is 1. The molecule has 0 atom stereocenters. The second kappa shape index (κ2) is 22.5. The van der Waals surface area contributed by atoms with E-state index in [2.05, 4.69) is 12.6 Å². The maximum absolute atomic E-state index is 8.25. The summed E-state index contributed by atoms with van der Waals surface area (Å²) in [5.74, 6) is 0. The summed E-state index contributed by atoms with van der Waals surface area (Å²) < 4.78 is 0. The van der Waals surface area contributed by atoms with Crippen LogP contribution in [0.1, 0.15) is 0 Å². The Morgan fingerprint density at radius 2 is 1.44 bits per heavy atom. The van der Waals surface area contributed by atoms with E-state index in [1.807, 2.05) is 0 Å². The summed E-state index contributed by atoms with van der Waals surface area (Å²) in [5.41, 5.74) is 0. The molecule has 0 aliphatic rings. The van der Waals surface area contributed by atoms with Gasteiger partial charge < -0.3 is 28.0 Å². The van der Waals surface area contributed by atoms with Crippen molar-refractivity contribution in [3.05, 3.63) is 15.3 Å². The zero-order valence-corrected chi connectivity index (χ0v) is 12.1. The molecule has 0 amide bonds. The van der Waals surface area contributed by atoms with Gasteiger partial charge >= 0.3 is 103 Å². The van der Waals surface area contributed by atoms with Crippen LogP contribution in [0.15, 0.2) is 0 Å². The zero-order chi connectivity index (χ0) is 6.28. The summed E-state index contributed by atoms with van der Waals surface area (Å²) in [6.45, 7) is 0. The molecular weight excluding hydrogens is 198 g/mol. The Morgan fingerprint density at radius 3 is 1.44 bits per heavy atom. The third-order valence-corrected chi connectivity index (χ3v) is 0. The average Bonchev–Trinajstić information content (AvgIpc) is 1.33. The summed E-state index contributed by atoms with van der Waals surface area (Å²) in [7, 11) is 0. The van der Waals surface area contributed by atoms with Gasteiger partial charge in [-0.2, -0.15) is 0 Å². The first-order chi connectivity index (χ1) is 3.15. The van der Waals surface area contributed by atoms with Crippen molar-refractivity contribution in [2.24, 2.45) is 0 Å². The molecule has 0 rings (SSSR count). The van der Waals surface area contributed by atoms with E-state index in [0.717, 1.165) is 0 Å². The molecule has 0 N–H and O–H groups in total. The first kappa shape index (κ1) is 22.5. The van der Waals surface area contributed by atoms with Gasteiger partial charge in [-0.05, 0) is 0 Å². The Hall–Kier alpha value is 2.18. The van der Waals surface area contributed by atoms with Gasteiger partial charge in [-0.1, -0.05) is 5.40 Å². The monoisotopic (exact) mass is 198 g/mol. The van der Waals surface area contributed by atoms with Gasteiger partial charge in [0.1, 0.15) is 0 Å². The first-order valence-electron chi connectivity index (χ1n) is 0.975. The summed E-state index contributed by atoms with van der Waals surface area (Å²) in [6, 6.07) is 0. The number of nitrogens with zero attached hydrogens (tertiary/aromatic N) is 2. The van der Waals surface area contributed by atoms with Crippen molar-refractivity contribution in [2.75, 3.05) is 0 Å². The molecule has 0 unspecified atom stereocenters. The number of rotatable bonds is 0. The molecule has 0 heterocycles. The van der Waals surface area contributed by atoms with Crippen LogP contribution in [-0.4, -0.2) is 5.09 Å². The summed E-state index contributed by atoms with van der Waals surface area (Å²) in [6.07, 6.45) is 0. The third-order valence-electron chi connectivity index (χ3n) is 0. The van der Waals surface area contributed by atoms with E-state index in [-0.39, 0.29) is 103 Å². The predicted octanol–water partition coefficient (Wildman–Crippen LogP) is -6.22. The SMILES string of the molecule is N#C[S-].O=[N+]([O-])[O-].[K+].[K+]. The fourth-order valence-corrected chi connectivity index (χ4v) is 0. The molecule has 9 heavy (non-hydrogen) atoms. The standard InChI is InChI=1S/CHNS.2K.NO3/c2-1-3;;;2-1(3)4/h3H;;;/q;2*+1;-1/p-1. The fraction of sp³-hybridized carbons (Fsp3) is 0. The Balaban J connectivity index is -0.0000000233. The van der Waals surface area contributed by atoms with E-state index < -0.39 is 5.09 Å². The number of hydrogen-bond donors (Lipinski definition) is 0. The van der Waals surface area contributed by atoms with Crippen LogP contribution in [0.3, 0.4) is 0 Å². The summed E-state index contributed by atoms with van der Waals surface area (Å²) in [4.78, 5) is 8.25. The number of nitriles is 1. The molecule has 0 saturated carbocycles. The van der Waals surface area contributed by atoms with E-state index in [4.69, 9.17) is 20.6 Å². The molecule has 8 heteroatoms. The maximum atomic E-state index is 8.25. The van der Waals surface area contributed by atoms with Crippen LogP contribution in [0.4, 0.5) is 0 Å². The minimum absolute atomic E-state index is 0. The summed E-state index contributed by atoms with van der Waals surface area (Å²) in [5, 5.41) is 23.2. The average molecular weight is 198 g/mol. The van der Waals surface area contributed by atoms with Crippen LogP contribution in [0.25, 0.3) is 0 Å². The maximum Gasteiger partial charge on any atom is 1.00 e. The van der Waals surface area contributed by atoms with E-state index in [1.54, 1.807) is 0 Å². The van der Waals surface area contributed by atoms with Gasteiger partial charge in [0.15, 0.2) is 0 Å². The van der Waals surface area contributed by atoms with Gasteiger partial charge in [0.25, 0.3) is 0 Å². The molecule has 0 aliphatic carbocycles. The van der Waals surface area contributed by atoms with Crippen molar-refractivity contribution in [1.82, 2.24) is 0 Å². The molecule has 0 saturated heterocycles. The van der Waals surface area contributed by atoms with Gasteiger partial charge in [0.05, 0.1) is 5.09 Å². The molecule has 0 aromatic rings. The van der Waals surface area contributed by atoms with Crippen LogP contribution in [0.2, 0.25) is 0 Å². The van der Waals surface area contributed by atoms with Crippen LogP contribution < -0.4 is 103 Å². The number of hydrogen-bond acceptors (Lipinski definition) is 5. The largest absolute Gasteiger partial charge is 1.00 e. The molecule has 5 nitrogen and oxygen atoms in total. The Kier molecular flexibility index (Phi) is 56.1. The van der Waals surface area contributed by atoms with Crippen molar-refractivity contribution in [3.63, 3.8) is 0 Å². The molecule has 0 spiro atoms. The molecule has 0 fully saturated rings. The minimum Gasteiger partial charge on any atom is -0.696 e. The Bertz CT molecular complexity index is 88.3. The molecule has 0 bridgehead atoms. The summed E-state index contributed by atoms with van der Waals surface area (Å²) >= 11 is 3.70. The predicted molar refractivity (Wildman–Crippen MR) is 23.3 cm³/mol. The van der Waals surface area contributed by atoms with Gasteiger partial charge in [0.2, 0.25) is 0 Å². The van der Waals surface area contributed by atoms with Gasteiger partial charge in [-0.15, -0.1) is 0 Å². The minimum atomic E-state index is -1.75. The normalized spacial score (nSPS) is 3.44. The van der Waals surface area contributed by atoms with Crippen LogP contribution in [-0.2, 0) is 12.6 Å². The molecule has 0 aromatic carbocycles. The van der Waals surface area contributed by atoms with E-state index in [0.29, 0.717) is 0 Å². The van der Waals surface area contributed by atoms with Crippen molar-refractivity contribution in [3.8, 4) is 5.40 Å². The topological polar surface area (TPSA) is 90.0 Å². The zero-order valence-electron chi connectivity index (χ0n) is 5.03. The van der Waals surface area contributed by atoms with Crippen LogP contribution >= 0.6 is 0 Å². The molecule has 40 valence electrons. The second-order valence-corrected chi connectivity index (χ2v) is 0.497. The van der Waals surface area contributed by atoms with Crippen molar-refractivity contribution >= 4 is 12.6 Å². The molecule has 0 radical (unpaired) electrons. The van der Waals surface area contributed by atoms with Crippen molar-refractivity contribution in [2.45, 2.75) is 0 Å². The van der Waals surface area contributed by atoms with Crippen LogP contribution in [0, 0.1) is 26.0 Å². The Morgan fingerprint density at radius 1 is 1.44 bits per heavy atom. The quantitative estimate of drug-likeness (QED) is 0.127. The van der Waals surface area contributed by atoms with Crippen molar-refractivity contribution < 1.29 is 108 Å². The molecular formula is CK2N2O3S. The van der Waals surface area contributed by atoms with Gasteiger partial charge in [-0.3, -0.25) is 0 Å². The third kappa shape index (κ3) is 143. The van der Waals surface area contributed by atoms with E-state index >= 15 is 0 Å². The van der Waals surface area contributed by atoms with Crippen molar-refractivity contribution in [1.29, 1.82) is 5.26 Å². The van der Waals surface area contributed by atoms with Crippen LogP contribution in [0.5, 0.6) is 0 Å². The molecule has 0 aromatic heterocycles. The van der Waals surface area contributed by atoms with E-state index in [9.17, 15) is 0 Å². The Labute approximate surface area is 143 Å².